The molecule has 1 aliphatic rings. The zero-order chi connectivity index (χ0) is 25.8. The molecule has 0 saturated heterocycles. The van der Waals surface area contributed by atoms with Crippen LogP contribution < -0.4 is 10.6 Å². The first-order valence-electron chi connectivity index (χ1n) is 12.4. The molecule has 2 unspecified atom stereocenters. The summed E-state index contributed by atoms with van der Waals surface area (Å²) in [5.74, 6) is -0.177. The first-order chi connectivity index (χ1) is 16.6. The summed E-state index contributed by atoms with van der Waals surface area (Å²) in [5.41, 5.74) is 1.55. The third-order valence-corrected chi connectivity index (χ3v) is 5.64. The molecule has 0 spiro atoms. The molecular formula is C25H41FN4O5. The predicted molar refractivity (Wildman–Crippen MR) is 133 cm³/mol. The van der Waals surface area contributed by atoms with Crippen molar-refractivity contribution in [3.8, 4) is 0 Å². The zero-order valence-electron chi connectivity index (χ0n) is 21.4. The first kappa shape index (κ1) is 28.8. The summed E-state index contributed by atoms with van der Waals surface area (Å²) in [6, 6.07) is 3.08. The monoisotopic (exact) mass is 496 g/mol. The number of aliphatic carboxylic acids is 1. The summed E-state index contributed by atoms with van der Waals surface area (Å²) >= 11 is 0. The maximum absolute atomic E-state index is 14.3. The number of carbonyl (C=O) groups excluding carboxylic acids is 1. The number of pyridine rings is 1. The summed E-state index contributed by atoms with van der Waals surface area (Å²) in [7, 11) is 1.45. The van der Waals surface area contributed by atoms with E-state index in [9.17, 15) is 19.1 Å². The van der Waals surface area contributed by atoms with Gasteiger partial charge in [-0.3, -0.25) is 0 Å². The van der Waals surface area contributed by atoms with Gasteiger partial charge >= 0.3 is 12.1 Å². The number of alkyl carbamates (subject to hydrolysis) is 1. The number of ether oxygens (including phenoxy) is 2. The molecule has 2 heterocycles. The second-order valence-electron chi connectivity index (χ2n) is 9.98. The van der Waals surface area contributed by atoms with Gasteiger partial charge in [-0.1, -0.05) is 6.07 Å². The van der Waals surface area contributed by atoms with Crippen LogP contribution in [-0.4, -0.2) is 84.8 Å². The number of halogens is 1. The minimum Gasteiger partial charge on any atom is -0.480 e. The molecule has 0 saturated carbocycles. The molecule has 1 aliphatic heterocycles. The van der Waals surface area contributed by atoms with Gasteiger partial charge in [0.05, 0.1) is 6.61 Å². The lowest BCUT2D eigenvalue weighted by atomic mass is 10.1. The van der Waals surface area contributed by atoms with Crippen LogP contribution in [0.2, 0.25) is 0 Å². The maximum atomic E-state index is 14.3. The fraction of sp³-hybridized carbons (Fsp3) is 0.720. The number of nitrogens with zero attached hydrogens (tertiary/aromatic N) is 2. The zero-order valence-corrected chi connectivity index (χ0v) is 21.4. The highest BCUT2D eigenvalue weighted by Crippen LogP contribution is 2.20. The van der Waals surface area contributed by atoms with Gasteiger partial charge in [0.2, 0.25) is 0 Å². The molecule has 0 radical (unpaired) electrons. The molecule has 10 heteroatoms. The highest BCUT2D eigenvalue weighted by Gasteiger charge is 2.25. The van der Waals surface area contributed by atoms with Crippen LogP contribution in [0.3, 0.4) is 0 Å². The van der Waals surface area contributed by atoms with Crippen molar-refractivity contribution in [3.63, 3.8) is 0 Å². The van der Waals surface area contributed by atoms with Crippen molar-refractivity contribution in [1.82, 2.24) is 15.2 Å². The van der Waals surface area contributed by atoms with Crippen LogP contribution in [0, 0.1) is 0 Å². The number of carboxylic acids is 1. The van der Waals surface area contributed by atoms with E-state index in [1.165, 1.54) is 12.7 Å². The number of unbranched alkanes of at least 4 members (excludes halogenated alkanes) is 1. The van der Waals surface area contributed by atoms with Gasteiger partial charge in [-0.2, -0.15) is 0 Å². The molecule has 1 aromatic rings. The minimum absolute atomic E-state index is 0.0267. The Morgan fingerprint density at radius 3 is 2.74 bits per heavy atom. The van der Waals surface area contributed by atoms with Gasteiger partial charge in [-0.15, -0.1) is 0 Å². The lowest BCUT2D eigenvalue weighted by Gasteiger charge is -2.26. The van der Waals surface area contributed by atoms with E-state index in [2.05, 4.69) is 22.8 Å². The maximum Gasteiger partial charge on any atom is 0.408 e. The molecule has 2 rings (SSSR count). The number of nitrogens with one attached hydrogen (secondary N) is 2. The van der Waals surface area contributed by atoms with E-state index in [4.69, 9.17) is 14.5 Å². The normalized spacial score (nSPS) is 15.1. The molecule has 0 aliphatic carbocycles. The second-order valence-corrected chi connectivity index (χ2v) is 9.98. The van der Waals surface area contributed by atoms with Gasteiger partial charge in [-0.05, 0) is 77.5 Å². The first-order valence-corrected chi connectivity index (χ1v) is 12.4. The Labute approximate surface area is 207 Å². The number of hydrogen-bond donors (Lipinski definition) is 3. The van der Waals surface area contributed by atoms with Gasteiger partial charge in [0, 0.05) is 32.4 Å². The van der Waals surface area contributed by atoms with Crippen molar-refractivity contribution in [2.45, 2.75) is 77.1 Å². The van der Waals surface area contributed by atoms with E-state index in [0.29, 0.717) is 13.1 Å². The lowest BCUT2D eigenvalue weighted by molar-refractivity contribution is -0.139. The van der Waals surface area contributed by atoms with Crippen LogP contribution in [0.15, 0.2) is 12.1 Å². The van der Waals surface area contributed by atoms with Crippen molar-refractivity contribution in [3.05, 3.63) is 23.4 Å². The molecule has 0 bridgehead atoms. The number of aryl methyl sites for hydroxylation is 2. The third-order valence-electron chi connectivity index (χ3n) is 5.64. The van der Waals surface area contributed by atoms with Crippen LogP contribution in [0.4, 0.5) is 15.0 Å². The number of carbonyl (C=O) groups is 2. The Hall–Kier alpha value is -2.46. The van der Waals surface area contributed by atoms with Crippen molar-refractivity contribution in [2.75, 3.05) is 45.2 Å². The van der Waals surface area contributed by atoms with E-state index in [0.717, 1.165) is 50.2 Å². The van der Waals surface area contributed by atoms with Gasteiger partial charge in [0.1, 0.15) is 23.6 Å². The lowest BCUT2D eigenvalue weighted by Crippen LogP contribution is -2.45. The molecule has 1 aromatic heterocycles. The largest absolute Gasteiger partial charge is 0.480 e. The molecule has 0 fully saturated rings. The topological polar surface area (TPSA) is 113 Å². The van der Waals surface area contributed by atoms with E-state index in [1.54, 1.807) is 20.8 Å². The fourth-order valence-corrected chi connectivity index (χ4v) is 3.98. The van der Waals surface area contributed by atoms with Crippen LogP contribution >= 0.6 is 0 Å². The minimum atomic E-state index is -1.18. The molecule has 3 N–H and O–H groups in total. The Balaban J connectivity index is 1.87. The SMILES string of the molecule is COCC(F)CN(CCCCc1ccc2c(n1)NCCC2)CCC(NC(=O)OC(C)(C)C)C(=O)O. The Kier molecular flexibility index (Phi) is 11.7. The number of fused-ring (bicyclic) bond motifs is 1. The van der Waals surface area contributed by atoms with Crippen molar-refractivity contribution >= 4 is 17.9 Å². The number of anilines is 1. The number of aromatic nitrogens is 1. The number of carboxylic acid groups (broad SMARTS) is 1. The number of amides is 1. The van der Waals surface area contributed by atoms with Gasteiger partial charge in [0.15, 0.2) is 0 Å². The van der Waals surface area contributed by atoms with E-state index < -0.39 is 29.9 Å². The smallest absolute Gasteiger partial charge is 0.408 e. The van der Waals surface area contributed by atoms with Crippen LogP contribution in [0.5, 0.6) is 0 Å². The highest BCUT2D eigenvalue weighted by atomic mass is 19.1. The molecular weight excluding hydrogens is 455 g/mol. The number of alkyl halides is 1. The Bertz CT molecular complexity index is 818. The average molecular weight is 497 g/mol. The summed E-state index contributed by atoms with van der Waals surface area (Å²) < 4.78 is 24.4. The van der Waals surface area contributed by atoms with E-state index >= 15 is 0 Å². The fourth-order valence-electron chi connectivity index (χ4n) is 3.98. The molecule has 1 amide bonds. The third kappa shape index (κ3) is 11.2. The van der Waals surface area contributed by atoms with Crippen molar-refractivity contribution < 1.29 is 28.6 Å². The molecule has 0 aromatic carbocycles. The molecule has 35 heavy (non-hydrogen) atoms. The molecule has 198 valence electrons. The number of methoxy groups -OCH3 is 1. The van der Waals surface area contributed by atoms with Crippen LogP contribution in [0.25, 0.3) is 0 Å². The van der Waals surface area contributed by atoms with Crippen LogP contribution in [-0.2, 0) is 27.1 Å². The number of rotatable bonds is 14. The van der Waals surface area contributed by atoms with E-state index in [-0.39, 0.29) is 19.6 Å². The van der Waals surface area contributed by atoms with Crippen molar-refractivity contribution in [1.29, 1.82) is 0 Å². The van der Waals surface area contributed by atoms with Crippen molar-refractivity contribution in [2.24, 2.45) is 0 Å². The van der Waals surface area contributed by atoms with E-state index in [1.807, 2.05) is 4.90 Å². The Morgan fingerprint density at radius 1 is 1.29 bits per heavy atom. The molecule has 9 nitrogen and oxygen atoms in total. The van der Waals surface area contributed by atoms with Gasteiger partial charge in [-0.25, -0.2) is 19.0 Å². The average Bonchev–Trinajstić information content (AvgIpc) is 2.77. The second kappa shape index (κ2) is 14.2. The molecule has 2 atom stereocenters. The Morgan fingerprint density at radius 2 is 2.06 bits per heavy atom. The van der Waals surface area contributed by atoms with Crippen LogP contribution in [0.1, 0.15) is 57.7 Å². The van der Waals surface area contributed by atoms with Gasteiger partial charge in [0.25, 0.3) is 0 Å². The summed E-state index contributed by atoms with van der Waals surface area (Å²) in [6.45, 7) is 7.09. The quantitative estimate of drug-likeness (QED) is 0.336. The summed E-state index contributed by atoms with van der Waals surface area (Å²) in [5, 5.41) is 15.3. The predicted octanol–water partition coefficient (Wildman–Crippen LogP) is 3.42. The summed E-state index contributed by atoms with van der Waals surface area (Å²) in [6.07, 6.45) is 2.84. The standard InChI is InChI=1S/C25H41FN4O5/c1-25(2,3)35-24(33)29-21(23(31)32)12-15-30(16-19(26)17-34-4)14-6-5-9-20-11-10-18-8-7-13-27-22(18)28-20/h10-11,19,21H,5-9,12-17H2,1-4H3,(H,27,28)(H,29,33)(H,31,32). The summed E-state index contributed by atoms with van der Waals surface area (Å²) in [4.78, 5) is 30.3. The highest BCUT2D eigenvalue weighted by molar-refractivity contribution is 5.80. The van der Waals surface area contributed by atoms with Gasteiger partial charge < -0.3 is 30.1 Å². The number of hydrogen-bond acceptors (Lipinski definition) is 7.